The normalized spacial score (nSPS) is 11.1. The molecule has 1 aromatic heterocycles. The lowest BCUT2D eigenvalue weighted by molar-refractivity contribution is 0.720. The van der Waals surface area contributed by atoms with Crippen LogP contribution in [0.2, 0.25) is 0 Å². The second kappa shape index (κ2) is 5.32. The Labute approximate surface area is 100 Å². The Kier molecular flexibility index (Phi) is 3.80. The quantitative estimate of drug-likeness (QED) is 0.636. The van der Waals surface area contributed by atoms with Crippen molar-refractivity contribution in [1.29, 1.82) is 0 Å². The van der Waals surface area contributed by atoms with Gasteiger partial charge in [0.1, 0.15) is 0 Å². The Morgan fingerprint density at radius 2 is 2.25 bits per heavy atom. The molecule has 0 aliphatic rings. The summed E-state index contributed by atoms with van der Waals surface area (Å²) in [6.07, 6.45) is 2.86. The van der Waals surface area contributed by atoms with Gasteiger partial charge >= 0.3 is 0 Å². The van der Waals surface area contributed by atoms with Crippen LogP contribution in [0, 0.1) is 0 Å². The summed E-state index contributed by atoms with van der Waals surface area (Å²) in [5.41, 5.74) is 3.56. The van der Waals surface area contributed by atoms with Gasteiger partial charge in [-0.05, 0) is 30.7 Å². The molecule has 3 nitrogen and oxygen atoms in total. The van der Waals surface area contributed by atoms with Crippen LogP contribution < -0.4 is 5.32 Å². The van der Waals surface area contributed by atoms with Crippen molar-refractivity contribution in [1.82, 2.24) is 14.9 Å². The molecule has 0 fully saturated rings. The van der Waals surface area contributed by atoms with Crippen LogP contribution in [-0.4, -0.2) is 28.5 Å². The lowest BCUT2D eigenvalue weighted by Crippen LogP contribution is -2.19. The number of benzene rings is 1. The Morgan fingerprint density at radius 1 is 1.38 bits per heavy atom. The summed E-state index contributed by atoms with van der Waals surface area (Å²) in [7, 11) is 2.01. The molecule has 1 heterocycles. The molecule has 86 valence electrons. The number of nitrogens with one attached hydrogen (secondary N) is 1. The van der Waals surface area contributed by atoms with Gasteiger partial charge in [0.2, 0.25) is 0 Å². The molecule has 4 heteroatoms. The second-order valence-electron chi connectivity index (χ2n) is 3.87. The molecular formula is C12H16ClN3. The summed E-state index contributed by atoms with van der Waals surface area (Å²) in [5.74, 6) is 0.666. The molecule has 16 heavy (non-hydrogen) atoms. The fraction of sp³-hybridized carbons (Fsp3) is 0.417. The highest BCUT2D eigenvalue weighted by Crippen LogP contribution is 2.13. The van der Waals surface area contributed by atoms with Crippen LogP contribution in [-0.2, 0) is 13.5 Å². The van der Waals surface area contributed by atoms with Crippen LogP contribution in [0.1, 0.15) is 5.56 Å². The van der Waals surface area contributed by atoms with Crippen molar-refractivity contribution in [3.63, 3.8) is 0 Å². The van der Waals surface area contributed by atoms with Gasteiger partial charge in [-0.2, -0.15) is 0 Å². The van der Waals surface area contributed by atoms with Crippen LogP contribution >= 0.6 is 11.6 Å². The van der Waals surface area contributed by atoms with Crippen LogP contribution in [0.3, 0.4) is 0 Å². The van der Waals surface area contributed by atoms with E-state index in [1.165, 1.54) is 11.1 Å². The summed E-state index contributed by atoms with van der Waals surface area (Å²) >= 11 is 5.59. The van der Waals surface area contributed by atoms with Gasteiger partial charge in [-0.3, -0.25) is 0 Å². The topological polar surface area (TPSA) is 29.9 Å². The predicted molar refractivity (Wildman–Crippen MR) is 68.0 cm³/mol. The van der Waals surface area contributed by atoms with Crippen molar-refractivity contribution in [2.24, 2.45) is 7.05 Å². The van der Waals surface area contributed by atoms with Gasteiger partial charge in [-0.25, -0.2) is 4.98 Å². The fourth-order valence-corrected chi connectivity index (χ4v) is 1.90. The number of hydrogen-bond acceptors (Lipinski definition) is 2. The zero-order valence-electron chi connectivity index (χ0n) is 9.41. The molecular weight excluding hydrogens is 222 g/mol. The van der Waals surface area contributed by atoms with E-state index in [9.17, 15) is 0 Å². The predicted octanol–water partition coefficient (Wildman–Crippen LogP) is 1.94. The SMILES string of the molecule is Cn1cnc2cc(CCNCCCl)ccc21. The number of rotatable bonds is 5. The molecule has 0 amide bonds. The summed E-state index contributed by atoms with van der Waals surface area (Å²) in [5, 5.41) is 3.28. The van der Waals surface area contributed by atoms with E-state index >= 15 is 0 Å². The average molecular weight is 238 g/mol. The molecule has 0 unspecified atom stereocenters. The molecule has 0 radical (unpaired) electrons. The van der Waals surface area contributed by atoms with E-state index in [1.54, 1.807) is 0 Å². The number of aryl methyl sites for hydroxylation is 1. The summed E-state index contributed by atoms with van der Waals surface area (Å²) in [6, 6.07) is 6.43. The standard InChI is InChI=1S/C12H16ClN3/c1-16-9-15-11-8-10(2-3-12(11)16)4-6-14-7-5-13/h2-3,8-9,14H,4-7H2,1H3. The third kappa shape index (κ3) is 2.54. The van der Waals surface area contributed by atoms with Crippen molar-refractivity contribution < 1.29 is 0 Å². The smallest absolute Gasteiger partial charge is 0.0955 e. The Morgan fingerprint density at radius 3 is 3.06 bits per heavy atom. The van der Waals surface area contributed by atoms with E-state index in [0.29, 0.717) is 5.88 Å². The van der Waals surface area contributed by atoms with Crippen LogP contribution in [0.25, 0.3) is 11.0 Å². The highest BCUT2D eigenvalue weighted by Gasteiger charge is 2.00. The van der Waals surface area contributed by atoms with Crippen molar-refractivity contribution >= 4 is 22.6 Å². The van der Waals surface area contributed by atoms with Gasteiger partial charge in [-0.15, -0.1) is 11.6 Å². The first kappa shape index (κ1) is 11.4. The third-order valence-corrected chi connectivity index (χ3v) is 2.84. The fourth-order valence-electron chi connectivity index (χ4n) is 1.76. The minimum atomic E-state index is 0.666. The highest BCUT2D eigenvalue weighted by molar-refractivity contribution is 6.18. The van der Waals surface area contributed by atoms with E-state index < -0.39 is 0 Å². The molecule has 0 aliphatic heterocycles. The van der Waals surface area contributed by atoms with Crippen molar-refractivity contribution in [2.75, 3.05) is 19.0 Å². The van der Waals surface area contributed by atoms with Crippen molar-refractivity contribution in [3.05, 3.63) is 30.1 Å². The van der Waals surface area contributed by atoms with Crippen LogP contribution in [0.4, 0.5) is 0 Å². The lowest BCUT2D eigenvalue weighted by atomic mass is 10.1. The minimum absolute atomic E-state index is 0.666. The van der Waals surface area contributed by atoms with E-state index in [0.717, 1.165) is 25.0 Å². The molecule has 1 N–H and O–H groups in total. The first-order chi connectivity index (χ1) is 7.81. The zero-order chi connectivity index (χ0) is 11.4. The minimum Gasteiger partial charge on any atom is -0.334 e. The lowest BCUT2D eigenvalue weighted by Gasteiger charge is -2.03. The Bertz CT molecular complexity index is 464. The van der Waals surface area contributed by atoms with Gasteiger partial charge < -0.3 is 9.88 Å². The highest BCUT2D eigenvalue weighted by atomic mass is 35.5. The molecule has 0 bridgehead atoms. The maximum Gasteiger partial charge on any atom is 0.0955 e. The van der Waals surface area contributed by atoms with Crippen molar-refractivity contribution in [3.8, 4) is 0 Å². The number of halogens is 1. The van der Waals surface area contributed by atoms with Gasteiger partial charge in [0.05, 0.1) is 17.4 Å². The molecule has 2 rings (SSSR count). The molecule has 2 aromatic rings. The van der Waals surface area contributed by atoms with Crippen LogP contribution in [0.5, 0.6) is 0 Å². The Balaban J connectivity index is 2.02. The van der Waals surface area contributed by atoms with Gasteiger partial charge in [0.25, 0.3) is 0 Å². The van der Waals surface area contributed by atoms with Gasteiger partial charge in [-0.1, -0.05) is 6.07 Å². The monoisotopic (exact) mass is 237 g/mol. The largest absolute Gasteiger partial charge is 0.334 e. The number of imidazole rings is 1. The summed E-state index contributed by atoms with van der Waals surface area (Å²) < 4.78 is 2.03. The van der Waals surface area contributed by atoms with E-state index in [4.69, 9.17) is 11.6 Å². The molecule has 0 atom stereocenters. The first-order valence-electron chi connectivity index (χ1n) is 5.48. The second-order valence-corrected chi connectivity index (χ2v) is 4.25. The van der Waals surface area contributed by atoms with Gasteiger partial charge in [0.15, 0.2) is 0 Å². The number of fused-ring (bicyclic) bond motifs is 1. The van der Waals surface area contributed by atoms with Crippen LogP contribution in [0.15, 0.2) is 24.5 Å². The van der Waals surface area contributed by atoms with E-state index in [1.807, 2.05) is 17.9 Å². The molecule has 0 saturated heterocycles. The summed E-state index contributed by atoms with van der Waals surface area (Å²) in [6.45, 7) is 1.83. The van der Waals surface area contributed by atoms with Crippen molar-refractivity contribution in [2.45, 2.75) is 6.42 Å². The summed E-state index contributed by atoms with van der Waals surface area (Å²) in [4.78, 5) is 4.34. The molecule has 0 spiro atoms. The number of alkyl halides is 1. The number of aromatic nitrogens is 2. The van der Waals surface area contributed by atoms with E-state index in [-0.39, 0.29) is 0 Å². The average Bonchev–Trinajstić information content (AvgIpc) is 2.66. The maximum absolute atomic E-state index is 5.59. The Hall–Kier alpha value is -1.06. The number of hydrogen-bond donors (Lipinski definition) is 1. The maximum atomic E-state index is 5.59. The molecule has 0 saturated carbocycles. The third-order valence-electron chi connectivity index (χ3n) is 2.65. The molecule has 1 aromatic carbocycles. The van der Waals surface area contributed by atoms with E-state index in [2.05, 4.69) is 28.5 Å². The van der Waals surface area contributed by atoms with Gasteiger partial charge in [0, 0.05) is 19.5 Å². The number of nitrogens with zero attached hydrogens (tertiary/aromatic N) is 2. The zero-order valence-corrected chi connectivity index (χ0v) is 10.2. The first-order valence-corrected chi connectivity index (χ1v) is 6.01. The molecule has 0 aliphatic carbocycles.